The van der Waals surface area contributed by atoms with E-state index < -0.39 is 9.84 Å². The van der Waals surface area contributed by atoms with E-state index in [0.717, 1.165) is 5.75 Å². The Labute approximate surface area is 106 Å². The third kappa shape index (κ3) is 3.81. The maximum absolute atomic E-state index is 12.0. The summed E-state index contributed by atoms with van der Waals surface area (Å²) in [6.45, 7) is 2.00. The van der Waals surface area contributed by atoms with Crippen molar-refractivity contribution < 1.29 is 13.2 Å². The number of hydrogen-bond donors (Lipinski definition) is 1. The molecule has 1 rings (SSSR count). The number of thioether (sulfide) groups is 1. The minimum Gasteiger partial charge on any atom is -0.497 e. The number of rotatable bonds is 6. The molecular formula is C11H17NO3S2. The van der Waals surface area contributed by atoms with Crippen LogP contribution in [0.2, 0.25) is 0 Å². The molecular weight excluding hydrogens is 258 g/mol. The van der Waals surface area contributed by atoms with Gasteiger partial charge in [-0.15, -0.1) is 0 Å². The fourth-order valence-electron chi connectivity index (χ4n) is 1.33. The zero-order valence-corrected chi connectivity index (χ0v) is 11.6. The van der Waals surface area contributed by atoms with Crippen LogP contribution in [0.15, 0.2) is 23.1 Å². The van der Waals surface area contributed by atoms with Crippen LogP contribution in [-0.2, 0) is 9.84 Å². The molecule has 1 aromatic rings. The lowest BCUT2D eigenvalue weighted by atomic mass is 10.3. The lowest BCUT2D eigenvalue weighted by Gasteiger charge is -2.09. The molecule has 6 heteroatoms. The van der Waals surface area contributed by atoms with Crippen LogP contribution in [0.3, 0.4) is 0 Å². The van der Waals surface area contributed by atoms with Crippen LogP contribution < -0.4 is 10.5 Å². The first-order valence-electron chi connectivity index (χ1n) is 5.25. The second-order valence-electron chi connectivity index (χ2n) is 3.42. The SMILES string of the molecule is CCSCCS(=O)(=O)c1cc(OC)ccc1N. The number of hydrogen-bond acceptors (Lipinski definition) is 5. The summed E-state index contributed by atoms with van der Waals surface area (Å²) >= 11 is 1.59. The second-order valence-corrected chi connectivity index (χ2v) is 6.89. The minimum absolute atomic E-state index is 0.100. The average Bonchev–Trinajstić information content (AvgIpc) is 2.29. The summed E-state index contributed by atoms with van der Waals surface area (Å²) in [4.78, 5) is 0.161. The van der Waals surface area contributed by atoms with Gasteiger partial charge in [0.25, 0.3) is 0 Å². The summed E-state index contributed by atoms with van der Waals surface area (Å²) in [6, 6.07) is 4.68. The molecule has 0 aromatic heterocycles. The van der Waals surface area contributed by atoms with E-state index in [1.807, 2.05) is 6.92 Å². The fraction of sp³-hybridized carbons (Fsp3) is 0.455. The zero-order chi connectivity index (χ0) is 12.9. The predicted octanol–water partition coefficient (Wildman–Crippen LogP) is 1.80. The quantitative estimate of drug-likeness (QED) is 0.633. The summed E-state index contributed by atoms with van der Waals surface area (Å²) < 4.78 is 29.1. The van der Waals surface area contributed by atoms with E-state index in [9.17, 15) is 8.42 Å². The van der Waals surface area contributed by atoms with Crippen molar-refractivity contribution in [1.82, 2.24) is 0 Å². The number of anilines is 1. The predicted molar refractivity (Wildman–Crippen MR) is 72.5 cm³/mol. The molecule has 0 fully saturated rings. The van der Waals surface area contributed by atoms with E-state index in [4.69, 9.17) is 10.5 Å². The van der Waals surface area contributed by atoms with Crippen molar-refractivity contribution in [1.29, 1.82) is 0 Å². The first kappa shape index (κ1) is 14.2. The molecule has 0 aliphatic carbocycles. The molecule has 1 aromatic carbocycles. The van der Waals surface area contributed by atoms with Gasteiger partial charge in [-0.2, -0.15) is 11.8 Å². The van der Waals surface area contributed by atoms with E-state index in [-0.39, 0.29) is 16.3 Å². The van der Waals surface area contributed by atoms with Gasteiger partial charge < -0.3 is 10.5 Å². The average molecular weight is 275 g/mol. The summed E-state index contributed by atoms with van der Waals surface area (Å²) in [5.74, 6) is 2.09. The lowest BCUT2D eigenvalue weighted by molar-refractivity contribution is 0.413. The molecule has 0 aliphatic rings. The summed E-state index contributed by atoms with van der Waals surface area (Å²) in [5, 5.41) is 0. The smallest absolute Gasteiger partial charge is 0.181 e. The molecule has 0 unspecified atom stereocenters. The zero-order valence-electron chi connectivity index (χ0n) is 9.97. The van der Waals surface area contributed by atoms with Gasteiger partial charge in [-0.05, 0) is 17.9 Å². The Bertz CT molecular complexity index is 472. The third-order valence-electron chi connectivity index (χ3n) is 2.26. The van der Waals surface area contributed by atoms with Crippen molar-refractivity contribution in [2.45, 2.75) is 11.8 Å². The molecule has 0 radical (unpaired) electrons. The topological polar surface area (TPSA) is 69.4 Å². The van der Waals surface area contributed by atoms with Crippen LogP contribution in [0.1, 0.15) is 6.92 Å². The number of benzene rings is 1. The van der Waals surface area contributed by atoms with Gasteiger partial charge in [-0.25, -0.2) is 8.42 Å². The standard InChI is InChI=1S/C11H17NO3S2/c1-3-16-6-7-17(13,14)11-8-9(15-2)4-5-10(11)12/h4-5,8H,3,6-7,12H2,1-2H3. The van der Waals surface area contributed by atoms with Gasteiger partial charge in [-0.1, -0.05) is 6.92 Å². The van der Waals surface area contributed by atoms with Gasteiger partial charge in [-0.3, -0.25) is 0 Å². The minimum atomic E-state index is -3.32. The Balaban J connectivity index is 2.97. The highest BCUT2D eigenvalue weighted by Crippen LogP contribution is 2.25. The third-order valence-corrected chi connectivity index (χ3v) is 5.18. The summed E-state index contributed by atoms with van der Waals surface area (Å²) in [5.41, 5.74) is 5.96. The monoisotopic (exact) mass is 275 g/mol. The van der Waals surface area contributed by atoms with Gasteiger partial charge in [0.15, 0.2) is 9.84 Å². The molecule has 0 saturated carbocycles. The Kier molecular flexibility index (Phi) is 5.14. The number of nitrogen functional groups attached to an aromatic ring is 1. The van der Waals surface area contributed by atoms with Crippen LogP contribution in [0, 0.1) is 0 Å². The molecule has 0 amide bonds. The fourth-order valence-corrected chi connectivity index (χ4v) is 3.91. The molecule has 4 nitrogen and oxygen atoms in total. The van der Waals surface area contributed by atoms with Crippen molar-refractivity contribution in [3.8, 4) is 5.75 Å². The van der Waals surface area contributed by atoms with Gasteiger partial charge in [0.1, 0.15) is 5.75 Å². The maximum atomic E-state index is 12.0. The number of sulfone groups is 1. The summed E-state index contributed by atoms with van der Waals surface area (Å²) in [6.07, 6.45) is 0. The highest BCUT2D eigenvalue weighted by Gasteiger charge is 2.18. The molecule has 0 heterocycles. The highest BCUT2D eigenvalue weighted by molar-refractivity contribution is 8.00. The van der Waals surface area contributed by atoms with Gasteiger partial charge in [0.05, 0.1) is 23.4 Å². The lowest BCUT2D eigenvalue weighted by Crippen LogP contribution is -2.11. The number of ether oxygens (including phenoxy) is 1. The van der Waals surface area contributed by atoms with E-state index in [0.29, 0.717) is 11.5 Å². The normalized spacial score (nSPS) is 11.4. The second kappa shape index (κ2) is 6.16. The van der Waals surface area contributed by atoms with Crippen molar-refractivity contribution in [2.24, 2.45) is 0 Å². The van der Waals surface area contributed by atoms with Gasteiger partial charge in [0.2, 0.25) is 0 Å². The molecule has 0 spiro atoms. The maximum Gasteiger partial charge on any atom is 0.181 e. The Morgan fingerprint density at radius 2 is 2.12 bits per heavy atom. The van der Waals surface area contributed by atoms with Crippen LogP contribution in [0.4, 0.5) is 5.69 Å². The van der Waals surface area contributed by atoms with Crippen molar-refractivity contribution in [3.05, 3.63) is 18.2 Å². The Morgan fingerprint density at radius 1 is 1.41 bits per heavy atom. The van der Waals surface area contributed by atoms with E-state index >= 15 is 0 Å². The molecule has 17 heavy (non-hydrogen) atoms. The molecule has 0 saturated heterocycles. The molecule has 96 valence electrons. The van der Waals surface area contributed by atoms with Crippen molar-refractivity contribution in [3.63, 3.8) is 0 Å². The van der Waals surface area contributed by atoms with Crippen LogP contribution in [0.5, 0.6) is 5.75 Å². The van der Waals surface area contributed by atoms with E-state index in [1.54, 1.807) is 23.9 Å². The summed E-state index contributed by atoms with van der Waals surface area (Å²) in [7, 11) is -1.83. The van der Waals surface area contributed by atoms with Crippen molar-refractivity contribution in [2.75, 3.05) is 30.1 Å². The Hall–Kier alpha value is -0.880. The molecule has 2 N–H and O–H groups in total. The van der Waals surface area contributed by atoms with Gasteiger partial charge in [0, 0.05) is 11.8 Å². The van der Waals surface area contributed by atoms with Crippen LogP contribution in [0.25, 0.3) is 0 Å². The van der Waals surface area contributed by atoms with E-state index in [1.165, 1.54) is 13.2 Å². The first-order chi connectivity index (χ1) is 8.01. The highest BCUT2D eigenvalue weighted by atomic mass is 32.2. The number of nitrogens with two attached hydrogens (primary N) is 1. The van der Waals surface area contributed by atoms with Gasteiger partial charge >= 0.3 is 0 Å². The largest absolute Gasteiger partial charge is 0.497 e. The number of methoxy groups -OCH3 is 1. The first-order valence-corrected chi connectivity index (χ1v) is 8.06. The molecule has 0 aliphatic heterocycles. The molecule has 0 bridgehead atoms. The Morgan fingerprint density at radius 3 is 2.71 bits per heavy atom. The van der Waals surface area contributed by atoms with Crippen LogP contribution >= 0.6 is 11.8 Å². The van der Waals surface area contributed by atoms with Crippen LogP contribution in [-0.4, -0.2) is 32.8 Å². The molecule has 0 atom stereocenters. The van der Waals surface area contributed by atoms with Crippen molar-refractivity contribution >= 4 is 27.3 Å². The van der Waals surface area contributed by atoms with E-state index in [2.05, 4.69) is 0 Å².